The molecule has 0 spiro atoms. The molecule has 0 aromatic heterocycles. The van der Waals surface area contributed by atoms with Gasteiger partial charge < -0.3 is 5.32 Å². The van der Waals surface area contributed by atoms with Gasteiger partial charge in [0.25, 0.3) is 0 Å². The summed E-state index contributed by atoms with van der Waals surface area (Å²) < 4.78 is 1.14. The third-order valence-corrected chi connectivity index (χ3v) is 5.35. The van der Waals surface area contributed by atoms with Crippen LogP contribution in [0.1, 0.15) is 35.7 Å². The average molecular weight is 348 g/mol. The number of nitrogens with one attached hydrogen (secondary N) is 1. The van der Waals surface area contributed by atoms with Crippen LogP contribution in [0, 0.1) is 0 Å². The molecule has 0 radical (unpaired) electrons. The minimum atomic E-state index is 0.351. The summed E-state index contributed by atoms with van der Waals surface area (Å²) in [7, 11) is 0. The van der Waals surface area contributed by atoms with Gasteiger partial charge in [0.1, 0.15) is 0 Å². The van der Waals surface area contributed by atoms with Crippen LogP contribution in [0.2, 0.25) is 0 Å². The number of rotatable bonds is 3. The van der Waals surface area contributed by atoms with Gasteiger partial charge in [-0.15, -0.1) is 0 Å². The van der Waals surface area contributed by atoms with Crippen LogP contribution >= 0.6 is 27.7 Å². The summed E-state index contributed by atoms with van der Waals surface area (Å²) in [6, 6.07) is 18.1. The fourth-order valence-corrected chi connectivity index (χ4v) is 4.22. The Morgan fingerprint density at radius 2 is 2.05 bits per heavy atom. The van der Waals surface area contributed by atoms with E-state index in [4.69, 9.17) is 0 Å². The molecule has 1 nitrogen and oxygen atoms in total. The van der Waals surface area contributed by atoms with E-state index in [1.54, 1.807) is 0 Å². The number of halogens is 1. The van der Waals surface area contributed by atoms with E-state index in [1.165, 1.54) is 16.7 Å². The van der Waals surface area contributed by atoms with Gasteiger partial charge in [0.05, 0.1) is 0 Å². The summed E-state index contributed by atoms with van der Waals surface area (Å²) in [5.74, 6) is 2.29. The molecule has 0 aliphatic carbocycles. The molecule has 0 amide bonds. The smallest absolute Gasteiger partial charge is 0.0419 e. The van der Waals surface area contributed by atoms with Gasteiger partial charge in [0.15, 0.2) is 0 Å². The van der Waals surface area contributed by atoms with Gasteiger partial charge in [-0.25, -0.2) is 0 Å². The molecule has 0 bridgehead atoms. The molecule has 20 heavy (non-hydrogen) atoms. The van der Waals surface area contributed by atoms with Crippen LogP contribution in [-0.4, -0.2) is 5.75 Å². The lowest BCUT2D eigenvalue weighted by Crippen LogP contribution is -2.29. The lowest BCUT2D eigenvalue weighted by atomic mass is 10.00. The van der Waals surface area contributed by atoms with Crippen molar-refractivity contribution in [1.82, 2.24) is 5.32 Å². The Kier molecular flexibility index (Phi) is 4.49. The molecule has 104 valence electrons. The van der Waals surface area contributed by atoms with E-state index in [1.807, 2.05) is 11.8 Å². The Hall–Kier alpha value is -0.770. The first-order chi connectivity index (χ1) is 9.74. The van der Waals surface area contributed by atoms with Crippen LogP contribution in [0.5, 0.6) is 0 Å². The second-order valence-electron chi connectivity index (χ2n) is 5.21. The summed E-state index contributed by atoms with van der Waals surface area (Å²) >= 11 is 5.56. The van der Waals surface area contributed by atoms with Crippen LogP contribution in [0.4, 0.5) is 0 Å². The molecule has 1 aliphatic heterocycles. The summed E-state index contributed by atoms with van der Waals surface area (Å²) in [4.78, 5) is 0. The van der Waals surface area contributed by atoms with Crippen molar-refractivity contribution in [2.24, 2.45) is 0 Å². The van der Waals surface area contributed by atoms with Gasteiger partial charge in [0, 0.05) is 28.1 Å². The molecular weight excluding hydrogens is 330 g/mol. The number of hydrogen-bond donors (Lipinski definition) is 1. The van der Waals surface area contributed by atoms with Gasteiger partial charge in [-0.05, 0) is 35.7 Å². The van der Waals surface area contributed by atoms with Crippen molar-refractivity contribution in [1.29, 1.82) is 0 Å². The first-order valence-electron chi connectivity index (χ1n) is 6.91. The second-order valence-corrected chi connectivity index (χ2v) is 7.16. The van der Waals surface area contributed by atoms with E-state index in [0.29, 0.717) is 12.1 Å². The summed E-state index contributed by atoms with van der Waals surface area (Å²) in [6.45, 7) is 2.24. The predicted molar refractivity (Wildman–Crippen MR) is 91.0 cm³/mol. The largest absolute Gasteiger partial charge is 0.303 e. The highest BCUT2D eigenvalue weighted by Crippen LogP contribution is 2.33. The maximum atomic E-state index is 3.78. The van der Waals surface area contributed by atoms with Crippen molar-refractivity contribution in [2.45, 2.75) is 24.8 Å². The monoisotopic (exact) mass is 347 g/mol. The SMILES string of the molecule is C[C@H](NC1CSCc2ccccc21)c1cccc(Br)c1. The molecule has 1 N–H and O–H groups in total. The van der Waals surface area contributed by atoms with Crippen LogP contribution in [-0.2, 0) is 5.75 Å². The Bertz CT molecular complexity index is 599. The molecule has 2 aromatic rings. The summed E-state index contributed by atoms with van der Waals surface area (Å²) in [5, 5.41) is 3.78. The van der Waals surface area contributed by atoms with Gasteiger partial charge in [-0.1, -0.05) is 52.3 Å². The Morgan fingerprint density at radius 3 is 2.90 bits per heavy atom. The minimum absolute atomic E-state index is 0.351. The second kappa shape index (κ2) is 6.33. The molecule has 1 unspecified atom stereocenters. The summed E-state index contributed by atoms with van der Waals surface area (Å²) in [5.41, 5.74) is 4.27. The van der Waals surface area contributed by atoms with Crippen LogP contribution in [0.25, 0.3) is 0 Å². The van der Waals surface area contributed by atoms with Crippen molar-refractivity contribution in [2.75, 3.05) is 5.75 Å². The van der Waals surface area contributed by atoms with E-state index < -0.39 is 0 Å². The van der Waals surface area contributed by atoms with E-state index in [9.17, 15) is 0 Å². The molecular formula is C17H18BrNS. The van der Waals surface area contributed by atoms with Gasteiger partial charge >= 0.3 is 0 Å². The molecule has 0 fully saturated rings. The molecule has 1 aliphatic rings. The number of thioether (sulfide) groups is 1. The quantitative estimate of drug-likeness (QED) is 0.829. The van der Waals surface area contributed by atoms with Crippen molar-refractivity contribution in [3.05, 3.63) is 69.7 Å². The van der Waals surface area contributed by atoms with Crippen LogP contribution in [0.3, 0.4) is 0 Å². The normalized spacial score (nSPS) is 19.4. The molecule has 2 atom stereocenters. The predicted octanol–water partition coefficient (Wildman–Crippen LogP) is 5.09. The minimum Gasteiger partial charge on any atom is -0.303 e. The zero-order chi connectivity index (χ0) is 13.9. The molecule has 3 rings (SSSR count). The van der Waals surface area contributed by atoms with Crippen molar-refractivity contribution >= 4 is 27.7 Å². The number of benzene rings is 2. The number of fused-ring (bicyclic) bond motifs is 1. The van der Waals surface area contributed by atoms with Crippen LogP contribution < -0.4 is 5.32 Å². The van der Waals surface area contributed by atoms with E-state index >= 15 is 0 Å². The summed E-state index contributed by atoms with van der Waals surface area (Å²) in [6.07, 6.45) is 0. The Morgan fingerprint density at radius 1 is 1.20 bits per heavy atom. The van der Waals surface area contributed by atoms with Gasteiger partial charge in [-0.2, -0.15) is 11.8 Å². The van der Waals surface area contributed by atoms with Gasteiger partial charge in [-0.3, -0.25) is 0 Å². The topological polar surface area (TPSA) is 12.0 Å². The first kappa shape index (κ1) is 14.2. The standard InChI is InChI=1S/C17H18BrNS/c1-12(13-6-4-7-15(18)9-13)19-17-11-20-10-14-5-2-3-8-16(14)17/h2-9,12,17,19H,10-11H2,1H3/t12-,17?/m0/s1. The van der Waals surface area contributed by atoms with Crippen LogP contribution in [0.15, 0.2) is 53.0 Å². The third kappa shape index (κ3) is 3.11. The van der Waals surface area contributed by atoms with E-state index in [2.05, 4.69) is 76.7 Å². The first-order valence-corrected chi connectivity index (χ1v) is 8.86. The highest BCUT2D eigenvalue weighted by molar-refractivity contribution is 9.10. The average Bonchev–Trinajstić information content (AvgIpc) is 2.47. The third-order valence-electron chi connectivity index (χ3n) is 3.77. The zero-order valence-corrected chi connectivity index (χ0v) is 13.9. The van der Waals surface area contributed by atoms with Crippen molar-refractivity contribution in [3.8, 4) is 0 Å². The lowest BCUT2D eigenvalue weighted by Gasteiger charge is -2.29. The van der Waals surface area contributed by atoms with E-state index in [-0.39, 0.29) is 0 Å². The molecule has 0 saturated heterocycles. The molecule has 2 aromatic carbocycles. The van der Waals surface area contributed by atoms with E-state index in [0.717, 1.165) is 16.0 Å². The fourth-order valence-electron chi connectivity index (χ4n) is 2.69. The van der Waals surface area contributed by atoms with Crippen molar-refractivity contribution in [3.63, 3.8) is 0 Å². The fraction of sp³-hybridized carbons (Fsp3) is 0.294. The highest BCUT2D eigenvalue weighted by Gasteiger charge is 2.21. The number of hydrogen-bond acceptors (Lipinski definition) is 2. The van der Waals surface area contributed by atoms with Crippen molar-refractivity contribution < 1.29 is 0 Å². The lowest BCUT2D eigenvalue weighted by molar-refractivity contribution is 0.495. The molecule has 1 heterocycles. The molecule has 3 heteroatoms. The van der Waals surface area contributed by atoms with Gasteiger partial charge in [0.2, 0.25) is 0 Å². The Labute approximate surface area is 133 Å². The Balaban J connectivity index is 1.79. The highest BCUT2D eigenvalue weighted by atomic mass is 79.9. The maximum absolute atomic E-state index is 3.78. The zero-order valence-electron chi connectivity index (χ0n) is 11.5. The molecule has 0 saturated carbocycles. The maximum Gasteiger partial charge on any atom is 0.0419 e.